The maximum absolute atomic E-state index is 12.8. The van der Waals surface area contributed by atoms with Gasteiger partial charge >= 0.3 is 0 Å². The molecule has 0 spiro atoms. The van der Waals surface area contributed by atoms with E-state index in [2.05, 4.69) is 20.6 Å². The van der Waals surface area contributed by atoms with E-state index in [4.69, 9.17) is 11.6 Å². The van der Waals surface area contributed by atoms with E-state index < -0.39 is 11.9 Å². The van der Waals surface area contributed by atoms with E-state index in [1.165, 1.54) is 0 Å². The third-order valence-electron chi connectivity index (χ3n) is 5.81. The first-order valence-electron chi connectivity index (χ1n) is 10.1. The lowest BCUT2D eigenvalue weighted by Gasteiger charge is -2.29. The molecule has 0 aliphatic carbocycles. The Hall–Kier alpha value is -3.39. The summed E-state index contributed by atoms with van der Waals surface area (Å²) in [6.45, 7) is 2.82. The first-order chi connectivity index (χ1) is 14.9. The number of aromatic nitrogens is 2. The summed E-state index contributed by atoms with van der Waals surface area (Å²) >= 11 is 6.17. The number of amides is 3. The van der Waals surface area contributed by atoms with Gasteiger partial charge in [-0.3, -0.25) is 19.7 Å². The molecule has 3 heterocycles. The van der Waals surface area contributed by atoms with Gasteiger partial charge in [0.15, 0.2) is 0 Å². The third kappa shape index (κ3) is 3.53. The summed E-state index contributed by atoms with van der Waals surface area (Å²) in [6, 6.07) is 8.84. The Balaban J connectivity index is 1.30. The van der Waals surface area contributed by atoms with Gasteiger partial charge in [-0.1, -0.05) is 23.7 Å². The largest absolute Gasteiger partial charge is 0.352 e. The molecule has 1 atom stereocenters. The van der Waals surface area contributed by atoms with E-state index in [0.717, 1.165) is 27.7 Å². The molecule has 3 N–H and O–H groups in total. The molecule has 0 radical (unpaired) electrons. The van der Waals surface area contributed by atoms with Crippen LogP contribution in [0, 0.1) is 6.92 Å². The summed E-state index contributed by atoms with van der Waals surface area (Å²) in [5, 5.41) is 6.26. The second-order valence-corrected chi connectivity index (χ2v) is 8.36. The van der Waals surface area contributed by atoms with Crippen LogP contribution in [-0.4, -0.2) is 38.6 Å². The molecule has 2 aliphatic heterocycles. The summed E-state index contributed by atoms with van der Waals surface area (Å²) in [7, 11) is 0. The Bertz CT molecular complexity index is 1210. The van der Waals surface area contributed by atoms with Crippen LogP contribution >= 0.6 is 11.6 Å². The minimum Gasteiger partial charge on any atom is -0.352 e. The molecule has 2 aliphatic rings. The number of imide groups is 1. The van der Waals surface area contributed by atoms with Crippen LogP contribution in [0.15, 0.2) is 30.3 Å². The number of hydrogen-bond donors (Lipinski definition) is 3. The van der Waals surface area contributed by atoms with Crippen LogP contribution in [0.1, 0.15) is 39.9 Å². The van der Waals surface area contributed by atoms with Gasteiger partial charge in [-0.2, -0.15) is 0 Å². The van der Waals surface area contributed by atoms with Crippen LogP contribution in [-0.2, 0) is 22.7 Å². The number of anilines is 1. The number of H-pyrrole nitrogens is 1. The monoisotopic (exact) mass is 437 g/mol. The fourth-order valence-corrected chi connectivity index (χ4v) is 4.30. The van der Waals surface area contributed by atoms with E-state index in [0.29, 0.717) is 36.0 Å². The molecular weight excluding hydrogens is 418 g/mol. The standard InChI is InChI=1S/C22H20ClN5O3/c1-11-6-16-17(8-15(11)23)26-22(25-16)24-9-12-2-3-14-13(7-12)10-28(21(14)31)18-4-5-19(29)27-20(18)30/h2-3,6-8,18H,4-5,9-10H2,1H3,(H2,24,25,26)(H,27,29,30)/t18-/m1/s1. The quantitative estimate of drug-likeness (QED) is 0.544. The molecule has 158 valence electrons. The zero-order valence-electron chi connectivity index (χ0n) is 16.8. The average molecular weight is 438 g/mol. The lowest BCUT2D eigenvalue weighted by molar-refractivity contribution is -0.136. The van der Waals surface area contributed by atoms with Crippen molar-refractivity contribution in [1.29, 1.82) is 0 Å². The molecule has 8 nitrogen and oxygen atoms in total. The van der Waals surface area contributed by atoms with Crippen molar-refractivity contribution in [3.8, 4) is 0 Å². The summed E-state index contributed by atoms with van der Waals surface area (Å²) in [5.41, 5.74) is 5.14. The van der Waals surface area contributed by atoms with Crippen molar-refractivity contribution in [1.82, 2.24) is 20.2 Å². The van der Waals surface area contributed by atoms with Gasteiger partial charge in [0.1, 0.15) is 6.04 Å². The van der Waals surface area contributed by atoms with Crippen molar-refractivity contribution in [2.24, 2.45) is 0 Å². The fraction of sp³-hybridized carbons (Fsp3) is 0.273. The number of nitrogens with one attached hydrogen (secondary N) is 3. The van der Waals surface area contributed by atoms with Gasteiger partial charge in [-0.05, 0) is 48.2 Å². The smallest absolute Gasteiger partial charge is 0.255 e. The van der Waals surface area contributed by atoms with Gasteiger partial charge < -0.3 is 15.2 Å². The number of rotatable bonds is 4. The van der Waals surface area contributed by atoms with Gasteiger partial charge in [0.2, 0.25) is 17.8 Å². The van der Waals surface area contributed by atoms with E-state index in [9.17, 15) is 14.4 Å². The number of carbonyl (C=O) groups is 3. The number of imidazole rings is 1. The lowest BCUT2D eigenvalue weighted by atomic mass is 10.0. The minimum atomic E-state index is -0.606. The molecule has 1 fully saturated rings. The third-order valence-corrected chi connectivity index (χ3v) is 6.22. The number of aryl methyl sites for hydroxylation is 1. The van der Waals surface area contributed by atoms with Crippen LogP contribution in [0.3, 0.4) is 0 Å². The highest BCUT2D eigenvalue weighted by Crippen LogP contribution is 2.28. The molecule has 1 aromatic heterocycles. The number of piperidine rings is 1. The number of halogens is 1. The van der Waals surface area contributed by atoms with Crippen molar-refractivity contribution in [2.75, 3.05) is 5.32 Å². The van der Waals surface area contributed by atoms with Gasteiger partial charge in [0, 0.05) is 30.1 Å². The SMILES string of the molecule is Cc1cc2[nH]c(NCc3ccc4c(c3)CN([C@@H]3CCC(=O)NC3=O)C4=O)nc2cc1Cl. The Kier molecular flexibility index (Phi) is 4.66. The highest BCUT2D eigenvalue weighted by molar-refractivity contribution is 6.32. The zero-order valence-corrected chi connectivity index (χ0v) is 17.5. The Morgan fingerprint density at radius 3 is 2.87 bits per heavy atom. The molecule has 2 aromatic carbocycles. The van der Waals surface area contributed by atoms with Crippen LogP contribution in [0.25, 0.3) is 11.0 Å². The Labute approximate surface area is 183 Å². The van der Waals surface area contributed by atoms with Crippen LogP contribution in [0.4, 0.5) is 5.95 Å². The summed E-state index contributed by atoms with van der Waals surface area (Å²) in [6.07, 6.45) is 0.599. The fourth-order valence-electron chi connectivity index (χ4n) is 4.15. The molecule has 5 rings (SSSR count). The molecule has 3 aromatic rings. The topological polar surface area (TPSA) is 107 Å². The lowest BCUT2D eigenvalue weighted by Crippen LogP contribution is -2.52. The van der Waals surface area contributed by atoms with E-state index in [-0.39, 0.29) is 18.2 Å². The molecular formula is C22H20ClN5O3. The van der Waals surface area contributed by atoms with E-state index in [1.54, 1.807) is 11.0 Å². The van der Waals surface area contributed by atoms with E-state index >= 15 is 0 Å². The van der Waals surface area contributed by atoms with Crippen molar-refractivity contribution >= 4 is 46.3 Å². The Morgan fingerprint density at radius 1 is 1.23 bits per heavy atom. The van der Waals surface area contributed by atoms with Gasteiger partial charge in [-0.25, -0.2) is 4.98 Å². The predicted octanol–water partition coefficient (Wildman–Crippen LogP) is 2.90. The summed E-state index contributed by atoms with van der Waals surface area (Å²) in [4.78, 5) is 45.7. The highest BCUT2D eigenvalue weighted by atomic mass is 35.5. The van der Waals surface area contributed by atoms with Crippen molar-refractivity contribution in [3.63, 3.8) is 0 Å². The summed E-state index contributed by atoms with van der Waals surface area (Å²) < 4.78 is 0. The minimum absolute atomic E-state index is 0.173. The molecule has 0 unspecified atom stereocenters. The molecule has 3 amide bonds. The van der Waals surface area contributed by atoms with Crippen molar-refractivity contribution < 1.29 is 14.4 Å². The first kappa shape index (κ1) is 19.6. The van der Waals surface area contributed by atoms with Crippen LogP contribution in [0.5, 0.6) is 0 Å². The van der Waals surface area contributed by atoms with Crippen LogP contribution in [0.2, 0.25) is 5.02 Å². The van der Waals surface area contributed by atoms with E-state index in [1.807, 2.05) is 31.2 Å². The molecule has 0 saturated carbocycles. The number of nitrogens with zero attached hydrogens (tertiary/aromatic N) is 2. The normalized spacial score (nSPS) is 18.5. The second kappa shape index (κ2) is 7.39. The first-order valence-corrected chi connectivity index (χ1v) is 10.4. The number of fused-ring (bicyclic) bond motifs is 2. The van der Waals surface area contributed by atoms with Crippen molar-refractivity contribution in [3.05, 3.63) is 57.6 Å². The van der Waals surface area contributed by atoms with Gasteiger partial charge in [-0.15, -0.1) is 0 Å². The van der Waals surface area contributed by atoms with Crippen LogP contribution < -0.4 is 10.6 Å². The Morgan fingerprint density at radius 2 is 2.06 bits per heavy atom. The number of benzene rings is 2. The molecule has 0 bridgehead atoms. The number of hydrogen-bond acceptors (Lipinski definition) is 5. The average Bonchev–Trinajstić information content (AvgIpc) is 3.27. The summed E-state index contributed by atoms with van der Waals surface area (Å²) in [5.74, 6) is -0.228. The molecule has 1 saturated heterocycles. The zero-order chi connectivity index (χ0) is 21.7. The highest BCUT2D eigenvalue weighted by Gasteiger charge is 2.39. The molecule has 31 heavy (non-hydrogen) atoms. The predicted molar refractivity (Wildman–Crippen MR) is 116 cm³/mol. The second-order valence-electron chi connectivity index (χ2n) is 7.95. The molecule has 9 heteroatoms. The maximum Gasteiger partial charge on any atom is 0.255 e. The van der Waals surface area contributed by atoms with Gasteiger partial charge in [0.25, 0.3) is 5.91 Å². The number of carbonyl (C=O) groups excluding carboxylic acids is 3. The van der Waals surface area contributed by atoms with Gasteiger partial charge in [0.05, 0.1) is 11.0 Å². The maximum atomic E-state index is 12.8. The van der Waals surface area contributed by atoms with Crippen molar-refractivity contribution in [2.45, 2.75) is 38.9 Å². The number of aromatic amines is 1.